The van der Waals surface area contributed by atoms with Crippen LogP contribution in [-0.4, -0.2) is 34.3 Å². The molecule has 0 spiro atoms. The largest absolute Gasteiger partial charge is 0.351 e. The number of nitrogens with zero attached hydrogens (tertiary/aromatic N) is 2. The highest BCUT2D eigenvalue weighted by atomic mass is 32.1. The van der Waals surface area contributed by atoms with Crippen LogP contribution in [-0.2, 0) is 16.0 Å². The lowest BCUT2D eigenvalue weighted by atomic mass is 9.94. The number of carbonyl (C=O) groups excluding carboxylic acids is 2. The Morgan fingerprint density at radius 3 is 2.61 bits per heavy atom. The minimum Gasteiger partial charge on any atom is -0.351 e. The SMILES string of the molecule is O=C(NC1CCCCC1)C(c1ccncc1)N(CCC1=CCCCC1)C(=O)Cc1cccs1. The molecule has 6 heteroatoms. The summed E-state index contributed by atoms with van der Waals surface area (Å²) in [5.74, 6) is -0.0558. The first kappa shape index (κ1) is 23.7. The van der Waals surface area contributed by atoms with Crippen LogP contribution >= 0.6 is 11.3 Å². The van der Waals surface area contributed by atoms with Crippen molar-refractivity contribution in [3.8, 4) is 0 Å². The molecule has 2 aromatic heterocycles. The number of carbonyl (C=O) groups is 2. The van der Waals surface area contributed by atoms with Gasteiger partial charge in [0.05, 0.1) is 6.42 Å². The van der Waals surface area contributed by atoms with Crippen LogP contribution in [0.4, 0.5) is 0 Å². The summed E-state index contributed by atoms with van der Waals surface area (Å²) >= 11 is 1.59. The van der Waals surface area contributed by atoms with E-state index in [0.717, 1.165) is 55.4 Å². The minimum absolute atomic E-state index is 0.00876. The third-order valence-corrected chi connectivity index (χ3v) is 7.69. The van der Waals surface area contributed by atoms with Gasteiger partial charge in [0.2, 0.25) is 11.8 Å². The molecule has 1 atom stereocenters. The van der Waals surface area contributed by atoms with Gasteiger partial charge in [0.1, 0.15) is 6.04 Å². The Morgan fingerprint density at radius 2 is 1.91 bits per heavy atom. The van der Waals surface area contributed by atoms with E-state index in [2.05, 4.69) is 16.4 Å². The Kier molecular flexibility index (Phi) is 8.70. The highest BCUT2D eigenvalue weighted by Gasteiger charge is 2.33. The van der Waals surface area contributed by atoms with E-state index in [1.165, 1.54) is 24.8 Å². The molecule has 2 heterocycles. The van der Waals surface area contributed by atoms with E-state index in [-0.39, 0.29) is 17.9 Å². The average Bonchev–Trinajstić information content (AvgIpc) is 3.36. The van der Waals surface area contributed by atoms with Crippen LogP contribution in [0.2, 0.25) is 0 Å². The minimum atomic E-state index is -0.633. The molecule has 1 saturated carbocycles. The molecule has 1 fully saturated rings. The normalized spacial score (nSPS) is 17.8. The molecule has 1 N–H and O–H groups in total. The van der Waals surface area contributed by atoms with Gasteiger partial charge in [0, 0.05) is 29.9 Å². The maximum Gasteiger partial charge on any atom is 0.247 e. The molecular formula is C27H35N3O2S. The maximum absolute atomic E-state index is 13.7. The third-order valence-electron chi connectivity index (χ3n) is 6.82. The van der Waals surface area contributed by atoms with Crippen molar-refractivity contribution >= 4 is 23.2 Å². The first-order valence-corrected chi connectivity index (χ1v) is 13.3. The molecule has 176 valence electrons. The number of rotatable bonds is 9. The van der Waals surface area contributed by atoms with Gasteiger partial charge in [0.15, 0.2) is 0 Å². The summed E-state index contributed by atoms with van der Waals surface area (Å²) in [5, 5.41) is 5.28. The molecule has 0 radical (unpaired) electrons. The van der Waals surface area contributed by atoms with Crippen molar-refractivity contribution in [2.75, 3.05) is 6.54 Å². The molecule has 2 aromatic rings. The zero-order chi connectivity index (χ0) is 22.9. The summed E-state index contributed by atoms with van der Waals surface area (Å²) in [6.07, 6.45) is 17.2. The van der Waals surface area contributed by atoms with Gasteiger partial charge < -0.3 is 10.2 Å². The zero-order valence-corrected chi connectivity index (χ0v) is 20.2. The maximum atomic E-state index is 13.7. The Morgan fingerprint density at radius 1 is 1.09 bits per heavy atom. The molecule has 2 aliphatic rings. The summed E-state index contributed by atoms with van der Waals surface area (Å²) in [7, 11) is 0. The Hall–Kier alpha value is -2.47. The average molecular weight is 466 g/mol. The van der Waals surface area contributed by atoms with Crippen molar-refractivity contribution in [2.24, 2.45) is 0 Å². The number of allylic oxidation sites excluding steroid dienone is 1. The fraction of sp³-hybridized carbons (Fsp3) is 0.519. The second-order valence-corrected chi connectivity index (χ2v) is 10.3. The van der Waals surface area contributed by atoms with E-state index < -0.39 is 6.04 Å². The number of amides is 2. The number of pyridine rings is 1. The van der Waals surface area contributed by atoms with E-state index in [1.807, 2.05) is 34.5 Å². The quantitative estimate of drug-likeness (QED) is 0.491. The van der Waals surface area contributed by atoms with Crippen LogP contribution in [0.25, 0.3) is 0 Å². The highest BCUT2D eigenvalue weighted by molar-refractivity contribution is 7.10. The summed E-state index contributed by atoms with van der Waals surface area (Å²) in [5.41, 5.74) is 2.24. The second kappa shape index (κ2) is 12.1. The first-order valence-electron chi connectivity index (χ1n) is 12.4. The second-order valence-electron chi connectivity index (χ2n) is 9.23. The van der Waals surface area contributed by atoms with E-state index in [0.29, 0.717) is 13.0 Å². The molecule has 2 amide bonds. The number of hydrogen-bond acceptors (Lipinski definition) is 4. The summed E-state index contributed by atoms with van der Waals surface area (Å²) in [6.45, 7) is 0.557. The fourth-order valence-corrected chi connectivity index (χ4v) is 5.70. The lowest BCUT2D eigenvalue weighted by molar-refractivity contribution is -0.140. The lowest BCUT2D eigenvalue weighted by Gasteiger charge is -2.34. The third kappa shape index (κ3) is 6.76. The van der Waals surface area contributed by atoms with Gasteiger partial charge in [-0.2, -0.15) is 0 Å². The van der Waals surface area contributed by atoms with Gasteiger partial charge >= 0.3 is 0 Å². The van der Waals surface area contributed by atoms with E-state index in [4.69, 9.17) is 0 Å². The van der Waals surface area contributed by atoms with Crippen molar-refractivity contribution in [3.63, 3.8) is 0 Å². The predicted octanol–water partition coefficient (Wildman–Crippen LogP) is 5.59. The molecule has 0 bridgehead atoms. The highest BCUT2D eigenvalue weighted by Crippen LogP contribution is 2.27. The van der Waals surface area contributed by atoms with Gasteiger partial charge in [-0.3, -0.25) is 14.6 Å². The van der Waals surface area contributed by atoms with Crippen LogP contribution < -0.4 is 5.32 Å². The van der Waals surface area contributed by atoms with Gasteiger partial charge in [-0.1, -0.05) is 37.0 Å². The van der Waals surface area contributed by atoms with E-state index in [1.54, 1.807) is 23.7 Å². The summed E-state index contributed by atoms with van der Waals surface area (Å²) < 4.78 is 0. The summed E-state index contributed by atoms with van der Waals surface area (Å²) in [6, 6.07) is 7.28. The Balaban J connectivity index is 1.59. The zero-order valence-electron chi connectivity index (χ0n) is 19.4. The van der Waals surface area contributed by atoms with Crippen LogP contribution in [0.1, 0.15) is 80.7 Å². The van der Waals surface area contributed by atoms with Gasteiger partial charge in [-0.15, -0.1) is 11.3 Å². The monoisotopic (exact) mass is 465 g/mol. The molecule has 0 aromatic carbocycles. The van der Waals surface area contributed by atoms with Gasteiger partial charge in [-0.05, 0) is 74.1 Å². The molecule has 0 aliphatic heterocycles. The van der Waals surface area contributed by atoms with Crippen LogP contribution in [0.5, 0.6) is 0 Å². The number of aromatic nitrogens is 1. The van der Waals surface area contributed by atoms with Crippen molar-refractivity contribution in [3.05, 3.63) is 64.1 Å². The smallest absolute Gasteiger partial charge is 0.247 e. The molecule has 33 heavy (non-hydrogen) atoms. The lowest BCUT2D eigenvalue weighted by Crippen LogP contribution is -2.47. The van der Waals surface area contributed by atoms with Crippen molar-refractivity contribution < 1.29 is 9.59 Å². The summed E-state index contributed by atoms with van der Waals surface area (Å²) in [4.78, 5) is 34.3. The van der Waals surface area contributed by atoms with Crippen molar-refractivity contribution in [2.45, 2.75) is 82.7 Å². The number of nitrogens with one attached hydrogen (secondary N) is 1. The van der Waals surface area contributed by atoms with E-state index >= 15 is 0 Å². The van der Waals surface area contributed by atoms with Crippen LogP contribution in [0.15, 0.2) is 53.7 Å². The Labute approximate surface area is 201 Å². The van der Waals surface area contributed by atoms with Crippen molar-refractivity contribution in [1.29, 1.82) is 0 Å². The molecule has 0 saturated heterocycles. The molecule has 2 aliphatic carbocycles. The van der Waals surface area contributed by atoms with Crippen LogP contribution in [0, 0.1) is 0 Å². The van der Waals surface area contributed by atoms with Gasteiger partial charge in [0.25, 0.3) is 0 Å². The number of hydrogen-bond donors (Lipinski definition) is 1. The molecular weight excluding hydrogens is 430 g/mol. The molecule has 1 unspecified atom stereocenters. The van der Waals surface area contributed by atoms with Gasteiger partial charge in [-0.25, -0.2) is 0 Å². The molecule has 5 nitrogen and oxygen atoms in total. The first-order chi connectivity index (χ1) is 16.2. The van der Waals surface area contributed by atoms with Crippen LogP contribution in [0.3, 0.4) is 0 Å². The number of thiophene rings is 1. The van der Waals surface area contributed by atoms with E-state index in [9.17, 15) is 9.59 Å². The topological polar surface area (TPSA) is 62.3 Å². The predicted molar refractivity (Wildman–Crippen MR) is 133 cm³/mol. The fourth-order valence-electron chi connectivity index (χ4n) is 5.00. The Bertz CT molecular complexity index is 920. The standard InChI is InChI=1S/C27H35N3O2S/c31-25(20-24-12-7-19-33-24)30(18-15-21-8-3-1-4-9-21)26(22-13-16-28-17-14-22)27(32)29-23-10-5-2-6-11-23/h7-8,12-14,16-17,19,23,26H,1-6,9-11,15,18,20H2,(H,29,32). The molecule has 4 rings (SSSR count). The van der Waals surface area contributed by atoms with Crippen molar-refractivity contribution in [1.82, 2.24) is 15.2 Å².